The highest BCUT2D eigenvalue weighted by molar-refractivity contribution is 7.89. The molecule has 118 valence electrons. The predicted molar refractivity (Wildman–Crippen MR) is 71.8 cm³/mol. The molecule has 0 aromatic rings. The van der Waals surface area contributed by atoms with Gasteiger partial charge >= 0.3 is 6.18 Å². The molecule has 0 radical (unpaired) electrons. The largest absolute Gasteiger partial charge is 0.389 e. The Morgan fingerprint density at radius 1 is 1.26 bits per heavy atom. The van der Waals surface area contributed by atoms with E-state index in [1.54, 1.807) is 0 Å². The fourth-order valence-electron chi connectivity index (χ4n) is 1.45. The average Bonchev–Trinajstić information content (AvgIpc) is 2.21. The molecular weight excluding hydrogens is 305 g/mol. The number of nitrogens with two attached hydrogens (primary N) is 1. The zero-order valence-corrected chi connectivity index (χ0v) is 12.5. The van der Waals surface area contributed by atoms with Crippen molar-refractivity contribution in [3.8, 4) is 0 Å². The minimum atomic E-state index is -4.31. The number of unbranched alkanes of at least 4 members (excludes halogenated alkanes) is 1. The molecule has 0 rings (SSSR count). The first-order valence-electron chi connectivity index (χ1n) is 5.97. The van der Waals surface area contributed by atoms with Gasteiger partial charge in [0.25, 0.3) is 0 Å². The molecule has 0 aliphatic rings. The fourth-order valence-corrected chi connectivity index (χ4v) is 2.82. The van der Waals surface area contributed by atoms with E-state index in [0.717, 1.165) is 12.8 Å². The molecular formula is C10H22ClF3N2O2S. The highest BCUT2D eigenvalue weighted by Gasteiger charge is 2.27. The number of alkyl halides is 3. The van der Waals surface area contributed by atoms with Crippen molar-refractivity contribution in [3.05, 3.63) is 0 Å². The van der Waals surface area contributed by atoms with Crippen LogP contribution in [0.4, 0.5) is 13.2 Å². The lowest BCUT2D eigenvalue weighted by Crippen LogP contribution is -2.41. The van der Waals surface area contributed by atoms with Crippen LogP contribution < -0.4 is 10.5 Å². The molecule has 3 N–H and O–H groups in total. The fraction of sp³-hybridized carbons (Fsp3) is 1.00. The number of sulfonamides is 1. The van der Waals surface area contributed by atoms with Crippen molar-refractivity contribution in [3.63, 3.8) is 0 Å². The maximum absolute atomic E-state index is 11.9. The van der Waals surface area contributed by atoms with Crippen LogP contribution in [0.3, 0.4) is 0 Å². The van der Waals surface area contributed by atoms with E-state index < -0.39 is 34.8 Å². The first-order chi connectivity index (χ1) is 8.20. The molecule has 0 saturated heterocycles. The lowest BCUT2D eigenvalue weighted by Gasteiger charge is -2.16. The van der Waals surface area contributed by atoms with Gasteiger partial charge in [-0.2, -0.15) is 13.2 Å². The van der Waals surface area contributed by atoms with E-state index in [-0.39, 0.29) is 25.0 Å². The van der Waals surface area contributed by atoms with E-state index in [1.165, 1.54) is 0 Å². The Bertz CT molecular complexity index is 323. The minimum Gasteiger partial charge on any atom is -0.329 e. The summed E-state index contributed by atoms with van der Waals surface area (Å²) in [5.74, 6) is -0.519. The van der Waals surface area contributed by atoms with Crippen LogP contribution >= 0.6 is 12.4 Å². The average molecular weight is 327 g/mol. The van der Waals surface area contributed by atoms with Crippen molar-refractivity contribution in [2.75, 3.05) is 12.3 Å². The van der Waals surface area contributed by atoms with E-state index in [9.17, 15) is 21.6 Å². The monoisotopic (exact) mass is 326 g/mol. The molecule has 0 aromatic heterocycles. The normalized spacial score (nSPS) is 13.9. The van der Waals surface area contributed by atoms with Gasteiger partial charge < -0.3 is 5.73 Å². The maximum atomic E-state index is 11.9. The smallest absolute Gasteiger partial charge is 0.329 e. The Kier molecular flexibility index (Phi) is 11.0. The van der Waals surface area contributed by atoms with Crippen LogP contribution in [0.2, 0.25) is 0 Å². The van der Waals surface area contributed by atoms with Crippen LogP contribution in [0.15, 0.2) is 0 Å². The highest BCUT2D eigenvalue weighted by atomic mass is 35.5. The molecule has 0 saturated carbocycles. The Hall–Kier alpha value is -0.0500. The lowest BCUT2D eigenvalue weighted by molar-refractivity contribution is -0.134. The molecule has 1 unspecified atom stereocenters. The van der Waals surface area contributed by atoms with Crippen molar-refractivity contribution in [1.82, 2.24) is 4.72 Å². The van der Waals surface area contributed by atoms with E-state index in [0.29, 0.717) is 6.42 Å². The first-order valence-corrected chi connectivity index (χ1v) is 7.62. The summed E-state index contributed by atoms with van der Waals surface area (Å²) in [6.07, 6.45) is -3.49. The summed E-state index contributed by atoms with van der Waals surface area (Å²) in [6, 6.07) is -0.388. The third kappa shape index (κ3) is 12.7. The van der Waals surface area contributed by atoms with Crippen molar-refractivity contribution in [2.24, 2.45) is 5.73 Å². The molecule has 1 atom stereocenters. The predicted octanol–water partition coefficient (Wildman–Crippen LogP) is 2.19. The standard InChI is InChI=1S/C10H21F3N2O2S.ClH/c1-2-3-5-9(8-14)15-18(16,17)7-4-6-10(11,12)13;/h9,15H,2-8,14H2,1H3;1H. The molecule has 9 heteroatoms. The Balaban J connectivity index is 0. The van der Waals surface area contributed by atoms with Gasteiger partial charge in [0, 0.05) is 19.0 Å². The van der Waals surface area contributed by atoms with Crippen LogP contribution in [-0.2, 0) is 10.0 Å². The van der Waals surface area contributed by atoms with Crippen molar-refractivity contribution < 1.29 is 21.6 Å². The zero-order chi connectivity index (χ0) is 14.2. The van der Waals surface area contributed by atoms with Crippen LogP contribution in [0.1, 0.15) is 39.0 Å². The lowest BCUT2D eigenvalue weighted by atomic mass is 10.1. The van der Waals surface area contributed by atoms with E-state index >= 15 is 0 Å². The molecule has 0 amide bonds. The van der Waals surface area contributed by atoms with Gasteiger partial charge in [-0.05, 0) is 12.8 Å². The van der Waals surface area contributed by atoms with Gasteiger partial charge in [0.2, 0.25) is 10.0 Å². The van der Waals surface area contributed by atoms with Gasteiger partial charge in [-0.1, -0.05) is 19.8 Å². The van der Waals surface area contributed by atoms with Gasteiger partial charge in [0.05, 0.1) is 5.75 Å². The summed E-state index contributed by atoms with van der Waals surface area (Å²) in [7, 11) is -3.68. The Morgan fingerprint density at radius 3 is 2.26 bits per heavy atom. The topological polar surface area (TPSA) is 72.2 Å². The van der Waals surface area contributed by atoms with Gasteiger partial charge in [-0.3, -0.25) is 0 Å². The molecule has 0 aliphatic heterocycles. The summed E-state index contributed by atoms with van der Waals surface area (Å²) >= 11 is 0. The third-order valence-electron chi connectivity index (χ3n) is 2.41. The van der Waals surface area contributed by atoms with Gasteiger partial charge in [-0.25, -0.2) is 13.1 Å². The summed E-state index contributed by atoms with van der Waals surface area (Å²) in [6.45, 7) is 2.11. The zero-order valence-electron chi connectivity index (χ0n) is 10.9. The molecule has 0 heterocycles. The summed E-state index contributed by atoms with van der Waals surface area (Å²) in [5.41, 5.74) is 5.41. The van der Waals surface area contributed by atoms with Crippen LogP contribution in [0, 0.1) is 0 Å². The molecule has 19 heavy (non-hydrogen) atoms. The van der Waals surface area contributed by atoms with E-state index in [1.807, 2.05) is 6.92 Å². The van der Waals surface area contributed by atoms with Crippen molar-refractivity contribution in [1.29, 1.82) is 0 Å². The second-order valence-electron chi connectivity index (χ2n) is 4.23. The highest BCUT2D eigenvalue weighted by Crippen LogP contribution is 2.21. The maximum Gasteiger partial charge on any atom is 0.389 e. The second kappa shape index (κ2) is 9.79. The Morgan fingerprint density at radius 2 is 1.84 bits per heavy atom. The quantitative estimate of drug-likeness (QED) is 0.682. The van der Waals surface area contributed by atoms with E-state index in [2.05, 4.69) is 4.72 Å². The molecule has 0 fully saturated rings. The van der Waals surface area contributed by atoms with Gasteiger partial charge in [0.1, 0.15) is 0 Å². The second-order valence-corrected chi connectivity index (χ2v) is 6.10. The minimum absolute atomic E-state index is 0. The molecule has 0 bridgehead atoms. The summed E-state index contributed by atoms with van der Waals surface area (Å²) in [4.78, 5) is 0. The van der Waals surface area contributed by atoms with Crippen molar-refractivity contribution >= 4 is 22.4 Å². The molecule has 4 nitrogen and oxygen atoms in total. The third-order valence-corrected chi connectivity index (χ3v) is 3.93. The SMILES string of the molecule is CCCCC(CN)NS(=O)(=O)CCCC(F)(F)F.Cl. The summed E-state index contributed by atoms with van der Waals surface area (Å²) < 4.78 is 61.0. The van der Waals surface area contributed by atoms with Crippen molar-refractivity contribution in [2.45, 2.75) is 51.2 Å². The number of nitrogens with one attached hydrogen (secondary N) is 1. The van der Waals surface area contributed by atoms with Crippen LogP contribution in [-0.4, -0.2) is 32.9 Å². The van der Waals surface area contributed by atoms with Crippen LogP contribution in [0.25, 0.3) is 0 Å². The molecule has 0 spiro atoms. The number of hydrogen-bond donors (Lipinski definition) is 2. The van der Waals surface area contributed by atoms with Crippen LogP contribution in [0.5, 0.6) is 0 Å². The summed E-state index contributed by atoms with van der Waals surface area (Å²) in [5, 5.41) is 0. The Labute approximate surface area is 118 Å². The molecule has 0 aliphatic carbocycles. The first kappa shape index (κ1) is 21.3. The van der Waals surface area contributed by atoms with E-state index in [4.69, 9.17) is 5.73 Å². The number of halogens is 4. The van der Waals surface area contributed by atoms with Gasteiger partial charge in [0.15, 0.2) is 0 Å². The molecule has 0 aromatic carbocycles. The van der Waals surface area contributed by atoms with Gasteiger partial charge in [-0.15, -0.1) is 12.4 Å². The number of rotatable bonds is 9. The number of hydrogen-bond acceptors (Lipinski definition) is 3.